The topological polar surface area (TPSA) is 77.8 Å². The summed E-state index contributed by atoms with van der Waals surface area (Å²) in [6, 6.07) is 10.8. The minimum Gasteiger partial charge on any atom is -0.507 e. The second-order valence-electron chi connectivity index (χ2n) is 6.39. The number of carboxylic acids is 1. The Morgan fingerprint density at radius 2 is 1.83 bits per heavy atom. The first-order chi connectivity index (χ1) is 10.8. The van der Waals surface area contributed by atoms with E-state index in [1.165, 1.54) is 0 Å². The molecule has 2 aromatic rings. The van der Waals surface area contributed by atoms with Crippen molar-refractivity contribution >= 4 is 16.7 Å². The molecule has 4 heteroatoms. The number of aliphatic hydroxyl groups excluding tert-OH is 1. The van der Waals surface area contributed by atoms with Gasteiger partial charge in [-0.3, -0.25) is 0 Å². The third-order valence-corrected chi connectivity index (χ3v) is 4.19. The van der Waals surface area contributed by atoms with Crippen LogP contribution in [0.5, 0.6) is 5.75 Å². The number of rotatable bonds is 6. The predicted molar refractivity (Wildman–Crippen MR) is 90.4 cm³/mol. The molecule has 0 bridgehead atoms. The van der Waals surface area contributed by atoms with Gasteiger partial charge in [0.1, 0.15) is 5.75 Å². The lowest BCUT2D eigenvalue weighted by Crippen LogP contribution is -2.22. The van der Waals surface area contributed by atoms with Crippen LogP contribution < -0.4 is 0 Å². The number of allylic oxidation sites excluding steroid dienone is 1. The SMILES string of the molecule is CC(C)(CC/C=C/C(=O)O)[C@@H](O)c1ccc(O)c2ccccc12. The summed E-state index contributed by atoms with van der Waals surface area (Å²) in [6.07, 6.45) is 3.23. The van der Waals surface area contributed by atoms with E-state index in [2.05, 4.69) is 0 Å². The number of carbonyl (C=O) groups is 1. The van der Waals surface area contributed by atoms with Crippen molar-refractivity contribution in [3.05, 3.63) is 54.1 Å². The number of aliphatic hydroxyl groups is 1. The Morgan fingerprint density at radius 3 is 2.48 bits per heavy atom. The zero-order valence-electron chi connectivity index (χ0n) is 13.4. The Bertz CT molecular complexity index is 731. The third-order valence-electron chi connectivity index (χ3n) is 4.19. The quantitative estimate of drug-likeness (QED) is 0.704. The van der Waals surface area contributed by atoms with E-state index in [-0.39, 0.29) is 5.75 Å². The number of phenolic OH excluding ortho intramolecular Hbond substituents is 1. The van der Waals surface area contributed by atoms with Crippen LogP contribution in [0, 0.1) is 5.41 Å². The second kappa shape index (κ2) is 6.84. The zero-order chi connectivity index (χ0) is 17.0. The number of aromatic hydroxyl groups is 1. The molecular formula is C19H22O4. The predicted octanol–water partition coefficient (Wildman–Crippen LogP) is 4.03. The molecule has 122 valence electrons. The standard InChI is InChI=1S/C19H22O4/c1-19(2,12-6-5-9-17(21)22)18(23)15-10-11-16(20)14-8-4-3-7-13(14)15/h3-5,7-11,18,20,23H,6,12H2,1-2H3,(H,21,22)/b9-5+/t18-/m0/s1. The molecule has 3 N–H and O–H groups in total. The van der Waals surface area contributed by atoms with E-state index in [9.17, 15) is 15.0 Å². The molecule has 0 unspecified atom stereocenters. The summed E-state index contributed by atoms with van der Waals surface area (Å²) in [6.45, 7) is 3.90. The molecule has 0 saturated carbocycles. The number of phenols is 1. The normalized spacial score (nSPS) is 13.5. The molecule has 0 saturated heterocycles. The molecule has 1 atom stereocenters. The molecule has 2 aromatic carbocycles. The molecule has 2 rings (SSSR count). The van der Waals surface area contributed by atoms with Crippen LogP contribution in [0.2, 0.25) is 0 Å². The smallest absolute Gasteiger partial charge is 0.327 e. The molecule has 0 fully saturated rings. The van der Waals surface area contributed by atoms with Crippen LogP contribution in [0.1, 0.15) is 38.4 Å². The van der Waals surface area contributed by atoms with Crippen molar-refractivity contribution in [2.45, 2.75) is 32.8 Å². The fourth-order valence-electron chi connectivity index (χ4n) is 2.74. The van der Waals surface area contributed by atoms with Crippen LogP contribution in [0.25, 0.3) is 10.8 Å². The summed E-state index contributed by atoms with van der Waals surface area (Å²) in [7, 11) is 0. The van der Waals surface area contributed by atoms with Gasteiger partial charge in [0.05, 0.1) is 6.10 Å². The van der Waals surface area contributed by atoms with Gasteiger partial charge in [-0.15, -0.1) is 0 Å². The van der Waals surface area contributed by atoms with E-state index in [1.807, 2.05) is 38.1 Å². The lowest BCUT2D eigenvalue weighted by atomic mass is 9.77. The summed E-state index contributed by atoms with van der Waals surface area (Å²) in [5.41, 5.74) is 0.341. The molecule has 0 heterocycles. The van der Waals surface area contributed by atoms with E-state index >= 15 is 0 Å². The lowest BCUT2D eigenvalue weighted by Gasteiger charge is -2.31. The molecule has 0 radical (unpaired) electrons. The Labute approximate surface area is 135 Å². The molecule has 0 aliphatic carbocycles. The van der Waals surface area contributed by atoms with Crippen LogP contribution in [-0.4, -0.2) is 21.3 Å². The highest BCUT2D eigenvalue weighted by atomic mass is 16.4. The Kier molecular flexibility index (Phi) is 5.06. The fourth-order valence-corrected chi connectivity index (χ4v) is 2.74. The number of aliphatic carboxylic acids is 1. The van der Waals surface area contributed by atoms with Crippen LogP contribution in [0.4, 0.5) is 0 Å². The number of fused-ring (bicyclic) bond motifs is 1. The summed E-state index contributed by atoms with van der Waals surface area (Å²) in [4.78, 5) is 10.5. The van der Waals surface area contributed by atoms with Gasteiger partial charge in [0.15, 0.2) is 0 Å². The zero-order valence-corrected chi connectivity index (χ0v) is 13.4. The first-order valence-electron chi connectivity index (χ1n) is 7.61. The molecule has 0 aliphatic rings. The number of carboxylic acid groups (broad SMARTS) is 1. The van der Waals surface area contributed by atoms with Gasteiger partial charge in [0, 0.05) is 11.5 Å². The average molecular weight is 314 g/mol. The highest BCUT2D eigenvalue weighted by Crippen LogP contribution is 2.41. The monoisotopic (exact) mass is 314 g/mol. The molecule has 0 aromatic heterocycles. The van der Waals surface area contributed by atoms with Crippen molar-refractivity contribution in [3.8, 4) is 5.75 Å². The fraction of sp³-hybridized carbons (Fsp3) is 0.316. The molecule has 23 heavy (non-hydrogen) atoms. The Balaban J connectivity index is 2.27. The third kappa shape index (κ3) is 3.90. The van der Waals surface area contributed by atoms with Crippen molar-refractivity contribution in [2.24, 2.45) is 5.41 Å². The van der Waals surface area contributed by atoms with Gasteiger partial charge < -0.3 is 15.3 Å². The van der Waals surface area contributed by atoms with E-state index in [0.29, 0.717) is 18.2 Å². The molecule has 0 aliphatic heterocycles. The maximum Gasteiger partial charge on any atom is 0.327 e. The average Bonchev–Trinajstić information content (AvgIpc) is 2.51. The number of benzene rings is 2. The van der Waals surface area contributed by atoms with Crippen molar-refractivity contribution in [1.82, 2.24) is 0 Å². The molecule has 4 nitrogen and oxygen atoms in total. The molecule has 0 amide bonds. The van der Waals surface area contributed by atoms with Gasteiger partial charge in [-0.2, -0.15) is 0 Å². The minimum atomic E-state index is -0.965. The van der Waals surface area contributed by atoms with Crippen LogP contribution in [0.15, 0.2) is 48.6 Å². The van der Waals surface area contributed by atoms with Gasteiger partial charge in [-0.05, 0) is 35.3 Å². The summed E-state index contributed by atoms with van der Waals surface area (Å²) >= 11 is 0. The second-order valence-corrected chi connectivity index (χ2v) is 6.39. The first kappa shape index (κ1) is 17.0. The first-order valence-corrected chi connectivity index (χ1v) is 7.61. The molecule has 0 spiro atoms. The summed E-state index contributed by atoms with van der Waals surface area (Å²) < 4.78 is 0. The van der Waals surface area contributed by atoms with Crippen molar-refractivity contribution in [2.75, 3.05) is 0 Å². The highest BCUT2D eigenvalue weighted by molar-refractivity contribution is 5.91. The van der Waals surface area contributed by atoms with Gasteiger partial charge in [0.2, 0.25) is 0 Å². The van der Waals surface area contributed by atoms with Crippen LogP contribution in [0.3, 0.4) is 0 Å². The van der Waals surface area contributed by atoms with Crippen molar-refractivity contribution in [1.29, 1.82) is 0 Å². The maximum absolute atomic E-state index is 10.8. The van der Waals surface area contributed by atoms with E-state index in [0.717, 1.165) is 17.0 Å². The minimum absolute atomic E-state index is 0.193. The van der Waals surface area contributed by atoms with E-state index in [4.69, 9.17) is 5.11 Å². The Hall–Kier alpha value is -2.33. The van der Waals surface area contributed by atoms with Crippen molar-refractivity contribution < 1.29 is 20.1 Å². The largest absolute Gasteiger partial charge is 0.507 e. The van der Waals surface area contributed by atoms with Gasteiger partial charge >= 0.3 is 5.97 Å². The Morgan fingerprint density at radius 1 is 1.17 bits per heavy atom. The summed E-state index contributed by atoms with van der Waals surface area (Å²) in [5.74, 6) is -0.772. The van der Waals surface area contributed by atoms with Gasteiger partial charge in [-0.1, -0.05) is 50.3 Å². The lowest BCUT2D eigenvalue weighted by molar-refractivity contribution is -0.131. The number of hydrogen-bond donors (Lipinski definition) is 3. The molecular weight excluding hydrogens is 292 g/mol. The van der Waals surface area contributed by atoms with Gasteiger partial charge in [0.25, 0.3) is 0 Å². The van der Waals surface area contributed by atoms with E-state index < -0.39 is 17.5 Å². The van der Waals surface area contributed by atoms with Gasteiger partial charge in [-0.25, -0.2) is 4.79 Å². The van der Waals surface area contributed by atoms with Crippen LogP contribution >= 0.6 is 0 Å². The van der Waals surface area contributed by atoms with Crippen molar-refractivity contribution in [3.63, 3.8) is 0 Å². The number of hydrogen-bond acceptors (Lipinski definition) is 3. The highest BCUT2D eigenvalue weighted by Gasteiger charge is 2.29. The summed E-state index contributed by atoms with van der Waals surface area (Å²) in [5, 5.41) is 30.9. The van der Waals surface area contributed by atoms with Crippen LogP contribution in [-0.2, 0) is 4.79 Å². The maximum atomic E-state index is 10.8. The van der Waals surface area contributed by atoms with E-state index in [1.54, 1.807) is 18.2 Å².